The maximum absolute atomic E-state index is 13.5. The summed E-state index contributed by atoms with van der Waals surface area (Å²) in [5.41, 5.74) is -2.49. The van der Waals surface area contributed by atoms with Gasteiger partial charge in [0.05, 0.1) is 17.7 Å². The Morgan fingerprint density at radius 1 is 1.21 bits per heavy atom. The van der Waals surface area contributed by atoms with E-state index in [1.807, 2.05) is 0 Å². The van der Waals surface area contributed by atoms with E-state index in [0.29, 0.717) is 18.8 Å². The summed E-state index contributed by atoms with van der Waals surface area (Å²) in [5, 5.41) is 2.76. The van der Waals surface area contributed by atoms with Crippen LogP contribution in [0.1, 0.15) is 62.4 Å². The molecule has 1 aromatic carbocycles. The maximum atomic E-state index is 13.5. The molecule has 3 rings (SSSR count). The molecule has 1 N–H and O–H groups in total. The monoisotopic (exact) mass is 412 g/mol. The molecular formula is C21H27F3N2O3. The molecule has 8 heteroatoms. The van der Waals surface area contributed by atoms with Gasteiger partial charge in [0.2, 0.25) is 5.91 Å². The molecule has 1 saturated heterocycles. The van der Waals surface area contributed by atoms with Crippen molar-refractivity contribution in [2.45, 2.75) is 70.4 Å². The number of rotatable bonds is 3. The molecule has 1 atom stereocenters. The van der Waals surface area contributed by atoms with E-state index in [1.165, 1.54) is 23.1 Å². The van der Waals surface area contributed by atoms with E-state index in [9.17, 15) is 22.8 Å². The molecule has 0 unspecified atom stereocenters. The molecule has 2 fully saturated rings. The van der Waals surface area contributed by atoms with Gasteiger partial charge in [-0.1, -0.05) is 19.1 Å². The van der Waals surface area contributed by atoms with Crippen molar-refractivity contribution in [2.24, 2.45) is 5.92 Å². The number of nitrogens with zero attached hydrogens (tertiary/aromatic N) is 1. The number of alkyl halides is 3. The Morgan fingerprint density at radius 2 is 1.83 bits per heavy atom. The van der Waals surface area contributed by atoms with Crippen LogP contribution in [0.3, 0.4) is 0 Å². The number of ether oxygens (including phenoxy) is 1. The fourth-order valence-corrected chi connectivity index (χ4v) is 4.21. The minimum absolute atomic E-state index is 0.0210. The van der Waals surface area contributed by atoms with Crippen LogP contribution >= 0.6 is 0 Å². The molecule has 0 radical (unpaired) electrons. The van der Waals surface area contributed by atoms with Gasteiger partial charge in [0.1, 0.15) is 11.8 Å². The lowest BCUT2D eigenvalue weighted by Crippen LogP contribution is -2.57. The van der Waals surface area contributed by atoms with Crippen LogP contribution in [0.25, 0.3) is 0 Å². The Kier molecular flexibility index (Phi) is 5.94. The van der Waals surface area contributed by atoms with Crippen molar-refractivity contribution in [1.29, 1.82) is 0 Å². The number of nitrogens with one attached hydrogen (secondary N) is 1. The summed E-state index contributed by atoms with van der Waals surface area (Å²) < 4.78 is 46.6. The number of carbonyl (C=O) groups is 2. The Bertz CT molecular complexity index is 771. The molecule has 2 amide bonds. The van der Waals surface area contributed by atoms with E-state index in [0.717, 1.165) is 18.9 Å². The number of amides is 2. The normalized spacial score (nSPS) is 27.5. The molecule has 1 saturated carbocycles. The standard InChI is InChI=1S/C21H27F3N2O3/c1-13(2)25-18(27)17-12-29-20(10-8-14(3)9-11-20)26(17)19(28)15-6-4-5-7-16(15)21(22,23)24/h4-7,13-14,17H,8-12H2,1-3H3,(H,25,27)/t14?,17-,20?/m0/s1. The fraction of sp³-hybridized carbons (Fsp3) is 0.619. The Balaban J connectivity index is 2.02. The van der Waals surface area contributed by atoms with Crippen LogP contribution in [0.4, 0.5) is 13.2 Å². The lowest BCUT2D eigenvalue weighted by atomic mass is 9.83. The van der Waals surface area contributed by atoms with Crippen LogP contribution in [0.15, 0.2) is 24.3 Å². The van der Waals surface area contributed by atoms with Crippen LogP contribution in [0, 0.1) is 5.92 Å². The summed E-state index contributed by atoms with van der Waals surface area (Å²) in [6.07, 6.45) is -2.11. The molecule has 2 aliphatic rings. The molecule has 1 aliphatic carbocycles. The van der Waals surface area contributed by atoms with Gasteiger partial charge >= 0.3 is 6.18 Å². The van der Waals surface area contributed by atoms with Crippen LogP contribution < -0.4 is 5.32 Å². The number of benzene rings is 1. The second-order valence-electron chi connectivity index (χ2n) is 8.34. The Hall–Kier alpha value is -2.09. The number of hydrogen-bond donors (Lipinski definition) is 1. The van der Waals surface area contributed by atoms with E-state index in [4.69, 9.17) is 4.74 Å². The van der Waals surface area contributed by atoms with Crippen molar-refractivity contribution in [3.8, 4) is 0 Å². The van der Waals surface area contributed by atoms with Crippen molar-refractivity contribution < 1.29 is 27.5 Å². The topological polar surface area (TPSA) is 58.6 Å². The molecule has 0 bridgehead atoms. The SMILES string of the molecule is CC1CCC2(CC1)OC[C@@H](C(=O)NC(C)C)N2C(=O)c1ccccc1C(F)(F)F. The van der Waals surface area contributed by atoms with Crippen LogP contribution in [0.5, 0.6) is 0 Å². The zero-order valence-electron chi connectivity index (χ0n) is 16.9. The number of carbonyl (C=O) groups excluding carboxylic acids is 2. The lowest BCUT2D eigenvalue weighted by molar-refractivity contribution is -0.138. The van der Waals surface area contributed by atoms with Gasteiger partial charge in [-0.05, 0) is 57.6 Å². The van der Waals surface area contributed by atoms with E-state index in [1.54, 1.807) is 13.8 Å². The smallest absolute Gasteiger partial charge is 0.353 e. The van der Waals surface area contributed by atoms with Crippen molar-refractivity contribution in [3.05, 3.63) is 35.4 Å². The van der Waals surface area contributed by atoms with Gasteiger partial charge in [-0.2, -0.15) is 13.2 Å². The third-order valence-electron chi connectivity index (χ3n) is 5.73. The molecule has 160 valence electrons. The largest absolute Gasteiger partial charge is 0.417 e. The third kappa shape index (κ3) is 4.27. The average Bonchev–Trinajstić information content (AvgIpc) is 3.01. The van der Waals surface area contributed by atoms with Gasteiger partial charge in [0.25, 0.3) is 5.91 Å². The van der Waals surface area contributed by atoms with Crippen molar-refractivity contribution in [3.63, 3.8) is 0 Å². The number of hydrogen-bond acceptors (Lipinski definition) is 3. The average molecular weight is 412 g/mol. The summed E-state index contributed by atoms with van der Waals surface area (Å²) in [7, 11) is 0. The first-order valence-electron chi connectivity index (χ1n) is 9.99. The highest BCUT2D eigenvalue weighted by molar-refractivity contribution is 5.99. The van der Waals surface area contributed by atoms with Crippen LogP contribution in [-0.2, 0) is 15.7 Å². The predicted octanol–water partition coefficient (Wildman–Crippen LogP) is 3.98. The first kappa shape index (κ1) is 21.6. The highest BCUT2D eigenvalue weighted by Crippen LogP contribution is 2.44. The Labute approximate surface area is 168 Å². The number of halogens is 3. The van der Waals surface area contributed by atoms with Gasteiger partial charge in [0.15, 0.2) is 0 Å². The summed E-state index contributed by atoms with van der Waals surface area (Å²) >= 11 is 0. The lowest BCUT2D eigenvalue weighted by Gasteiger charge is -2.43. The van der Waals surface area contributed by atoms with Crippen molar-refractivity contribution >= 4 is 11.8 Å². The molecule has 1 spiro atoms. The summed E-state index contributed by atoms with van der Waals surface area (Å²) in [5.74, 6) is -0.783. The van der Waals surface area contributed by atoms with Gasteiger partial charge < -0.3 is 10.1 Å². The van der Waals surface area contributed by atoms with Crippen LogP contribution in [-0.4, -0.2) is 41.1 Å². The van der Waals surface area contributed by atoms with E-state index < -0.39 is 40.9 Å². The van der Waals surface area contributed by atoms with Gasteiger partial charge in [-0.25, -0.2) is 0 Å². The zero-order chi connectivity index (χ0) is 21.4. The molecule has 5 nitrogen and oxygen atoms in total. The molecule has 1 aliphatic heterocycles. The van der Waals surface area contributed by atoms with Crippen molar-refractivity contribution in [1.82, 2.24) is 10.2 Å². The minimum atomic E-state index is -4.67. The molecule has 1 aromatic rings. The summed E-state index contributed by atoms with van der Waals surface area (Å²) in [6.45, 7) is 5.65. The zero-order valence-corrected chi connectivity index (χ0v) is 16.9. The molecule has 0 aromatic heterocycles. The first-order chi connectivity index (χ1) is 13.5. The maximum Gasteiger partial charge on any atom is 0.417 e. The summed E-state index contributed by atoms with van der Waals surface area (Å²) in [4.78, 5) is 27.5. The highest BCUT2D eigenvalue weighted by atomic mass is 19.4. The quantitative estimate of drug-likeness (QED) is 0.817. The highest BCUT2D eigenvalue weighted by Gasteiger charge is 2.54. The van der Waals surface area contributed by atoms with Gasteiger partial charge in [-0.15, -0.1) is 0 Å². The van der Waals surface area contributed by atoms with Crippen LogP contribution in [0.2, 0.25) is 0 Å². The van der Waals surface area contributed by atoms with E-state index in [-0.39, 0.29) is 12.6 Å². The summed E-state index contributed by atoms with van der Waals surface area (Å²) in [6, 6.07) is 3.59. The van der Waals surface area contributed by atoms with Gasteiger partial charge in [-0.3, -0.25) is 14.5 Å². The predicted molar refractivity (Wildman–Crippen MR) is 101 cm³/mol. The second-order valence-corrected chi connectivity index (χ2v) is 8.34. The minimum Gasteiger partial charge on any atom is -0.353 e. The third-order valence-corrected chi connectivity index (χ3v) is 5.73. The Morgan fingerprint density at radius 3 is 2.41 bits per heavy atom. The first-order valence-corrected chi connectivity index (χ1v) is 9.99. The second kappa shape index (κ2) is 7.97. The van der Waals surface area contributed by atoms with E-state index >= 15 is 0 Å². The van der Waals surface area contributed by atoms with Crippen molar-refractivity contribution in [2.75, 3.05) is 6.61 Å². The van der Waals surface area contributed by atoms with E-state index in [2.05, 4.69) is 12.2 Å². The fourth-order valence-electron chi connectivity index (χ4n) is 4.21. The molecule has 1 heterocycles. The molecular weight excluding hydrogens is 385 g/mol. The van der Waals surface area contributed by atoms with Gasteiger partial charge in [0, 0.05) is 6.04 Å². The molecule has 29 heavy (non-hydrogen) atoms.